The maximum Gasteiger partial charge on any atom is 0.506 e. The third kappa shape index (κ3) is 1.57. The van der Waals surface area contributed by atoms with Crippen molar-refractivity contribution in [3.63, 3.8) is 0 Å². The Labute approximate surface area is 105 Å². The summed E-state index contributed by atoms with van der Waals surface area (Å²) in [6.07, 6.45) is 8.17. The molecule has 4 aliphatic rings. The Morgan fingerprint density at radius 3 is 1.41 bits per heavy atom. The summed E-state index contributed by atoms with van der Waals surface area (Å²) >= 11 is 0. The molecule has 4 fully saturated rings. The fourth-order valence-electron chi connectivity index (χ4n) is 5.39. The minimum atomic E-state index is -2.47. The van der Waals surface area contributed by atoms with Crippen molar-refractivity contribution in [3.8, 4) is 0 Å². The Bertz CT molecular complexity index is 257. The third-order valence-electron chi connectivity index (χ3n) is 5.49. The normalized spacial score (nSPS) is 44.3. The van der Waals surface area contributed by atoms with E-state index >= 15 is 0 Å². The highest BCUT2D eigenvalue weighted by atomic mass is 28.4. The number of hydrogen-bond acceptors (Lipinski definition) is 3. The molecule has 0 radical (unpaired) electrons. The molecule has 4 heteroatoms. The predicted octanol–water partition coefficient (Wildman–Crippen LogP) is 2.83. The second-order valence-electron chi connectivity index (χ2n) is 6.37. The fourth-order valence-corrected chi connectivity index (χ4v) is 8.80. The van der Waals surface area contributed by atoms with Gasteiger partial charge in [-0.15, -0.1) is 0 Å². The molecule has 4 rings (SSSR count). The first kappa shape index (κ1) is 12.1. The van der Waals surface area contributed by atoms with Gasteiger partial charge in [0, 0.05) is 26.4 Å². The second-order valence-corrected chi connectivity index (χ2v) is 9.76. The lowest BCUT2D eigenvalue weighted by atomic mass is 9.56. The van der Waals surface area contributed by atoms with Gasteiger partial charge >= 0.3 is 8.80 Å². The van der Waals surface area contributed by atoms with Gasteiger partial charge in [0.1, 0.15) is 0 Å². The Balaban J connectivity index is 1.95. The molecule has 0 saturated heterocycles. The smallest absolute Gasteiger partial charge is 0.377 e. The Morgan fingerprint density at radius 2 is 1.12 bits per heavy atom. The molecule has 0 aliphatic heterocycles. The molecule has 0 aromatic heterocycles. The van der Waals surface area contributed by atoms with Gasteiger partial charge in [-0.2, -0.15) is 0 Å². The van der Waals surface area contributed by atoms with Crippen molar-refractivity contribution < 1.29 is 13.3 Å². The maximum atomic E-state index is 5.82. The van der Waals surface area contributed by atoms with Crippen LogP contribution in [-0.4, -0.2) is 30.1 Å². The summed E-state index contributed by atoms with van der Waals surface area (Å²) in [6, 6.07) is 0. The van der Waals surface area contributed by atoms with Gasteiger partial charge in [0.15, 0.2) is 0 Å². The average Bonchev–Trinajstić information content (AvgIpc) is 2.29. The van der Waals surface area contributed by atoms with Crippen molar-refractivity contribution in [1.82, 2.24) is 0 Å². The molecule has 0 amide bonds. The van der Waals surface area contributed by atoms with Crippen LogP contribution in [0.5, 0.6) is 0 Å². The molecule has 4 saturated carbocycles. The summed E-state index contributed by atoms with van der Waals surface area (Å²) in [6.45, 7) is 0. The standard InChI is InChI=1S/C13H24O3Si/c1-14-17(15-2,16-3)13-7-10-4-11(8-13)6-12(5-10)9-13/h10-12H,4-9H2,1-3H3. The summed E-state index contributed by atoms with van der Waals surface area (Å²) < 4.78 is 17.4. The molecule has 4 bridgehead atoms. The maximum absolute atomic E-state index is 5.82. The van der Waals surface area contributed by atoms with E-state index in [4.69, 9.17) is 13.3 Å². The number of rotatable bonds is 4. The van der Waals surface area contributed by atoms with Crippen molar-refractivity contribution in [1.29, 1.82) is 0 Å². The van der Waals surface area contributed by atoms with Crippen LogP contribution in [0, 0.1) is 17.8 Å². The summed E-state index contributed by atoms with van der Waals surface area (Å²) in [7, 11) is 2.86. The molecule has 0 atom stereocenters. The topological polar surface area (TPSA) is 27.7 Å². The van der Waals surface area contributed by atoms with Crippen LogP contribution in [0.15, 0.2) is 0 Å². The summed E-state index contributed by atoms with van der Waals surface area (Å²) in [4.78, 5) is 0. The van der Waals surface area contributed by atoms with Gasteiger partial charge in [-0.25, -0.2) is 0 Å². The van der Waals surface area contributed by atoms with Gasteiger partial charge in [0.05, 0.1) is 0 Å². The van der Waals surface area contributed by atoms with Crippen LogP contribution in [0.2, 0.25) is 5.04 Å². The van der Waals surface area contributed by atoms with Crippen LogP contribution in [0.25, 0.3) is 0 Å². The van der Waals surface area contributed by atoms with E-state index in [9.17, 15) is 0 Å². The third-order valence-corrected chi connectivity index (χ3v) is 9.02. The zero-order chi connectivity index (χ0) is 12.1. The van der Waals surface area contributed by atoms with E-state index in [0.717, 1.165) is 17.8 Å². The first-order valence-corrected chi connectivity index (χ1v) is 8.55. The largest absolute Gasteiger partial charge is 0.506 e. The van der Waals surface area contributed by atoms with Crippen molar-refractivity contribution in [2.75, 3.05) is 21.3 Å². The van der Waals surface area contributed by atoms with Gasteiger partial charge in [-0.05, 0) is 56.3 Å². The predicted molar refractivity (Wildman–Crippen MR) is 67.6 cm³/mol. The minimum Gasteiger partial charge on any atom is -0.377 e. The SMILES string of the molecule is CO[Si](OC)(OC)C12CC3CC(CC(C3)C1)C2. The monoisotopic (exact) mass is 256 g/mol. The summed E-state index contributed by atoms with van der Waals surface area (Å²) in [5.41, 5.74) is 0. The van der Waals surface area contributed by atoms with Crippen LogP contribution >= 0.6 is 0 Å². The van der Waals surface area contributed by atoms with Gasteiger partial charge < -0.3 is 13.3 Å². The molecule has 0 N–H and O–H groups in total. The molecule has 0 aromatic rings. The zero-order valence-corrected chi connectivity index (χ0v) is 12.2. The molecular formula is C13H24O3Si. The summed E-state index contributed by atoms with van der Waals surface area (Å²) in [5.74, 6) is 2.73. The van der Waals surface area contributed by atoms with E-state index in [2.05, 4.69) is 0 Å². The number of hydrogen-bond donors (Lipinski definition) is 0. The lowest BCUT2D eigenvalue weighted by Gasteiger charge is -2.59. The van der Waals surface area contributed by atoms with Crippen LogP contribution < -0.4 is 0 Å². The Morgan fingerprint density at radius 1 is 0.765 bits per heavy atom. The highest BCUT2D eigenvalue weighted by molar-refractivity contribution is 6.64. The van der Waals surface area contributed by atoms with E-state index in [1.54, 1.807) is 21.3 Å². The molecule has 0 heterocycles. The molecule has 17 heavy (non-hydrogen) atoms. The molecule has 3 nitrogen and oxygen atoms in total. The second kappa shape index (κ2) is 4.05. The average molecular weight is 256 g/mol. The molecular weight excluding hydrogens is 232 g/mol. The zero-order valence-electron chi connectivity index (χ0n) is 11.2. The highest BCUT2D eigenvalue weighted by Gasteiger charge is 2.66. The van der Waals surface area contributed by atoms with Crippen LogP contribution in [0.4, 0.5) is 0 Å². The molecule has 0 spiro atoms. The molecule has 4 aliphatic carbocycles. The van der Waals surface area contributed by atoms with E-state index in [1.807, 2.05) is 0 Å². The highest BCUT2D eigenvalue weighted by Crippen LogP contribution is 2.67. The van der Waals surface area contributed by atoms with Crippen molar-refractivity contribution in [2.45, 2.75) is 43.6 Å². The van der Waals surface area contributed by atoms with Crippen LogP contribution in [0.3, 0.4) is 0 Å². The molecule has 0 unspecified atom stereocenters. The van der Waals surface area contributed by atoms with Gasteiger partial charge in [0.2, 0.25) is 0 Å². The van der Waals surface area contributed by atoms with Crippen molar-refractivity contribution in [2.24, 2.45) is 17.8 Å². The van der Waals surface area contributed by atoms with Crippen LogP contribution in [0.1, 0.15) is 38.5 Å². The van der Waals surface area contributed by atoms with Crippen molar-refractivity contribution >= 4 is 8.80 Å². The molecule has 0 aromatic carbocycles. The Hall–Kier alpha value is 0.0969. The minimum absolute atomic E-state index is 0.236. The quantitative estimate of drug-likeness (QED) is 0.724. The first-order chi connectivity index (χ1) is 8.17. The van der Waals surface area contributed by atoms with Crippen molar-refractivity contribution in [3.05, 3.63) is 0 Å². The fraction of sp³-hybridized carbons (Fsp3) is 1.00. The van der Waals surface area contributed by atoms with Gasteiger partial charge in [0.25, 0.3) is 0 Å². The first-order valence-electron chi connectivity index (χ1n) is 6.82. The lowest BCUT2D eigenvalue weighted by Crippen LogP contribution is -2.61. The van der Waals surface area contributed by atoms with E-state index in [1.165, 1.54) is 38.5 Å². The van der Waals surface area contributed by atoms with Gasteiger partial charge in [-0.3, -0.25) is 0 Å². The summed E-state index contributed by atoms with van der Waals surface area (Å²) in [5, 5.41) is 0.236. The molecule has 98 valence electrons. The van der Waals surface area contributed by atoms with Gasteiger partial charge in [-0.1, -0.05) is 0 Å². The van der Waals surface area contributed by atoms with E-state index < -0.39 is 8.80 Å². The van der Waals surface area contributed by atoms with E-state index in [-0.39, 0.29) is 5.04 Å². The van der Waals surface area contributed by atoms with E-state index in [0.29, 0.717) is 0 Å². The van der Waals surface area contributed by atoms with Crippen LogP contribution in [-0.2, 0) is 13.3 Å². The lowest BCUT2D eigenvalue weighted by molar-refractivity contribution is -0.0247. The Kier molecular flexibility index (Phi) is 2.89.